The van der Waals surface area contributed by atoms with Gasteiger partial charge in [0.15, 0.2) is 0 Å². The Bertz CT molecular complexity index is 1130. The average molecular weight is 458 g/mol. The van der Waals surface area contributed by atoms with E-state index in [9.17, 15) is 31.1 Å². The lowest BCUT2D eigenvalue weighted by Crippen LogP contribution is -2.19. The molecule has 0 aliphatic rings. The van der Waals surface area contributed by atoms with Crippen molar-refractivity contribution >= 4 is 22.5 Å². The van der Waals surface area contributed by atoms with E-state index in [4.69, 9.17) is 4.74 Å². The van der Waals surface area contributed by atoms with Crippen LogP contribution in [0.5, 0.6) is 5.75 Å². The van der Waals surface area contributed by atoms with Crippen LogP contribution in [0.1, 0.15) is 41.0 Å². The lowest BCUT2D eigenvalue weighted by Gasteiger charge is -2.15. The molecule has 172 valence electrons. The van der Waals surface area contributed by atoms with Crippen LogP contribution in [0.25, 0.3) is 10.9 Å². The van der Waals surface area contributed by atoms with Crippen LogP contribution in [-0.2, 0) is 18.9 Å². The van der Waals surface area contributed by atoms with E-state index in [0.29, 0.717) is 47.5 Å². The third kappa shape index (κ3) is 4.53. The predicted octanol–water partition coefficient (Wildman–Crippen LogP) is 6.66. The van der Waals surface area contributed by atoms with Gasteiger partial charge in [0.1, 0.15) is 11.4 Å². The molecule has 32 heavy (non-hydrogen) atoms. The zero-order chi connectivity index (χ0) is 23.8. The number of hydrogen-bond acceptors (Lipinski definition) is 2. The van der Waals surface area contributed by atoms with E-state index in [1.54, 1.807) is 36.6 Å². The van der Waals surface area contributed by atoms with E-state index < -0.39 is 35.1 Å². The normalized spacial score (nSPS) is 12.3. The monoisotopic (exact) mass is 458 g/mol. The molecule has 3 aromatic rings. The largest absolute Gasteiger partial charge is 0.494 e. The van der Waals surface area contributed by atoms with Crippen LogP contribution in [0.15, 0.2) is 36.4 Å². The maximum Gasteiger partial charge on any atom is 0.416 e. The van der Waals surface area contributed by atoms with Crippen LogP contribution in [0.4, 0.5) is 32.0 Å². The summed E-state index contributed by atoms with van der Waals surface area (Å²) >= 11 is 0. The van der Waals surface area contributed by atoms with Crippen molar-refractivity contribution in [1.82, 2.24) is 4.57 Å². The number of aryl methyl sites for hydroxylation is 2. The summed E-state index contributed by atoms with van der Waals surface area (Å²) in [6.07, 6.45) is -10.0. The Kier molecular flexibility index (Phi) is 6.17. The number of rotatable bonds is 5. The highest BCUT2D eigenvalue weighted by molar-refractivity contribution is 6.08. The van der Waals surface area contributed by atoms with E-state index >= 15 is 0 Å². The fraction of sp³-hybridized carbons (Fsp3) is 0.318. The molecule has 2 aromatic carbocycles. The van der Waals surface area contributed by atoms with Crippen molar-refractivity contribution in [3.05, 3.63) is 58.8 Å². The minimum Gasteiger partial charge on any atom is -0.494 e. The SMILES string of the molecule is CCOc1ccc2c(c1)c(C)c(C(=O)Nc1cc(C(F)(F)F)cc(C(F)(F)F)c1)n2CC. The summed E-state index contributed by atoms with van der Waals surface area (Å²) in [5.41, 5.74) is -2.24. The van der Waals surface area contributed by atoms with Gasteiger partial charge in [0, 0.05) is 23.1 Å². The molecule has 0 bridgehead atoms. The second-order valence-electron chi connectivity index (χ2n) is 7.08. The third-order valence-electron chi connectivity index (χ3n) is 4.98. The number of nitrogens with one attached hydrogen (secondary N) is 1. The molecule has 0 unspecified atom stereocenters. The van der Waals surface area contributed by atoms with Gasteiger partial charge in [-0.25, -0.2) is 0 Å². The van der Waals surface area contributed by atoms with E-state index in [1.165, 1.54) is 0 Å². The fourth-order valence-corrected chi connectivity index (χ4v) is 3.60. The third-order valence-corrected chi connectivity index (χ3v) is 4.98. The molecule has 1 amide bonds. The standard InChI is InChI=1S/C22H20F6N2O2/c1-4-30-18-7-6-16(32-5-2)11-17(18)12(3)19(30)20(31)29-15-9-13(21(23,24)25)8-14(10-15)22(26,27)28/h6-11H,4-5H2,1-3H3,(H,29,31). The molecule has 0 fully saturated rings. The molecule has 1 heterocycles. The molecular formula is C22H20F6N2O2. The summed E-state index contributed by atoms with van der Waals surface area (Å²) in [5.74, 6) is -0.234. The highest BCUT2D eigenvalue weighted by Crippen LogP contribution is 2.38. The first-order chi connectivity index (χ1) is 14.9. The number of benzene rings is 2. The first-order valence-corrected chi connectivity index (χ1v) is 9.73. The summed E-state index contributed by atoms with van der Waals surface area (Å²) in [5, 5.41) is 2.91. The number of fused-ring (bicyclic) bond motifs is 1. The first kappa shape index (κ1) is 23.5. The van der Waals surface area contributed by atoms with Crippen molar-refractivity contribution in [2.75, 3.05) is 11.9 Å². The quantitative estimate of drug-likeness (QED) is 0.435. The van der Waals surface area contributed by atoms with Gasteiger partial charge in [-0.1, -0.05) is 0 Å². The van der Waals surface area contributed by atoms with Gasteiger partial charge in [0.2, 0.25) is 0 Å². The number of hydrogen-bond donors (Lipinski definition) is 1. The Balaban J connectivity index is 2.08. The van der Waals surface area contributed by atoms with Crippen LogP contribution in [0.2, 0.25) is 0 Å². The summed E-state index contributed by atoms with van der Waals surface area (Å²) in [4.78, 5) is 13.0. The molecule has 0 aliphatic heterocycles. The van der Waals surface area contributed by atoms with Crippen LogP contribution < -0.4 is 10.1 Å². The number of halogens is 6. The Morgan fingerprint density at radius 1 is 0.969 bits per heavy atom. The zero-order valence-corrected chi connectivity index (χ0v) is 17.4. The van der Waals surface area contributed by atoms with Crippen molar-refractivity contribution in [2.24, 2.45) is 0 Å². The van der Waals surface area contributed by atoms with Crippen LogP contribution in [0, 0.1) is 6.92 Å². The minimum atomic E-state index is -5.01. The summed E-state index contributed by atoms with van der Waals surface area (Å²) in [7, 11) is 0. The second-order valence-corrected chi connectivity index (χ2v) is 7.08. The number of carbonyl (C=O) groups is 1. The maximum absolute atomic E-state index is 13.1. The van der Waals surface area contributed by atoms with Crippen LogP contribution in [-0.4, -0.2) is 17.1 Å². The number of amides is 1. The number of carbonyl (C=O) groups excluding carboxylic acids is 1. The molecule has 0 radical (unpaired) electrons. The number of anilines is 1. The highest BCUT2D eigenvalue weighted by Gasteiger charge is 2.37. The fourth-order valence-electron chi connectivity index (χ4n) is 3.60. The van der Waals surface area contributed by atoms with Crippen LogP contribution in [0.3, 0.4) is 0 Å². The molecule has 0 aliphatic carbocycles. The van der Waals surface area contributed by atoms with Crippen molar-refractivity contribution in [1.29, 1.82) is 0 Å². The summed E-state index contributed by atoms with van der Waals surface area (Å²) < 4.78 is 85.9. The van der Waals surface area contributed by atoms with Gasteiger partial charge in [-0.15, -0.1) is 0 Å². The molecule has 0 spiro atoms. The van der Waals surface area contributed by atoms with Crippen molar-refractivity contribution in [3.8, 4) is 5.75 Å². The Morgan fingerprint density at radius 2 is 1.56 bits per heavy atom. The maximum atomic E-state index is 13.1. The number of alkyl halides is 6. The van der Waals surface area contributed by atoms with Crippen molar-refractivity contribution < 1.29 is 35.9 Å². The molecule has 0 saturated carbocycles. The van der Waals surface area contributed by atoms with E-state index in [2.05, 4.69) is 5.32 Å². The van der Waals surface area contributed by atoms with E-state index in [1.807, 2.05) is 6.92 Å². The van der Waals surface area contributed by atoms with Gasteiger partial charge in [-0.2, -0.15) is 26.3 Å². The highest BCUT2D eigenvalue weighted by atomic mass is 19.4. The predicted molar refractivity (Wildman–Crippen MR) is 108 cm³/mol. The molecule has 1 aromatic heterocycles. The molecule has 4 nitrogen and oxygen atoms in total. The van der Waals surface area contributed by atoms with Gasteiger partial charge in [0.05, 0.1) is 17.7 Å². The van der Waals surface area contributed by atoms with Gasteiger partial charge in [-0.05, 0) is 62.7 Å². The number of nitrogens with zero attached hydrogens (tertiary/aromatic N) is 1. The van der Waals surface area contributed by atoms with Crippen LogP contribution >= 0.6 is 0 Å². The van der Waals surface area contributed by atoms with Crippen molar-refractivity contribution in [2.45, 2.75) is 39.7 Å². The Morgan fingerprint density at radius 3 is 2.06 bits per heavy atom. The topological polar surface area (TPSA) is 43.3 Å². The van der Waals surface area contributed by atoms with Gasteiger partial charge < -0.3 is 14.6 Å². The lowest BCUT2D eigenvalue weighted by molar-refractivity contribution is -0.143. The molecule has 0 saturated heterocycles. The van der Waals surface area contributed by atoms with Gasteiger partial charge in [-0.3, -0.25) is 4.79 Å². The molecule has 1 N–H and O–H groups in total. The summed E-state index contributed by atoms with van der Waals surface area (Å²) in [6, 6.07) is 6.19. The summed E-state index contributed by atoms with van der Waals surface area (Å²) in [6.45, 7) is 6.04. The average Bonchev–Trinajstić information content (AvgIpc) is 2.98. The molecular weight excluding hydrogens is 438 g/mol. The van der Waals surface area contributed by atoms with Gasteiger partial charge >= 0.3 is 12.4 Å². The first-order valence-electron chi connectivity index (χ1n) is 9.73. The lowest BCUT2D eigenvalue weighted by atomic mass is 10.1. The number of aromatic nitrogens is 1. The minimum absolute atomic E-state index is 0.0131. The van der Waals surface area contributed by atoms with E-state index in [0.717, 1.165) is 0 Å². The Hall–Kier alpha value is -3.17. The second kappa shape index (κ2) is 8.40. The Labute approximate surface area is 179 Å². The number of ether oxygens (including phenoxy) is 1. The molecule has 3 rings (SSSR count). The molecule has 0 atom stereocenters. The molecule has 10 heteroatoms. The van der Waals surface area contributed by atoms with E-state index in [-0.39, 0.29) is 11.8 Å². The van der Waals surface area contributed by atoms with Crippen molar-refractivity contribution in [3.63, 3.8) is 0 Å². The zero-order valence-electron chi connectivity index (χ0n) is 17.4. The smallest absolute Gasteiger partial charge is 0.416 e. The van der Waals surface area contributed by atoms with Gasteiger partial charge in [0.25, 0.3) is 5.91 Å².